The quantitative estimate of drug-likeness (QED) is 0.904. The van der Waals surface area contributed by atoms with Crippen LogP contribution >= 0.6 is 11.6 Å². The van der Waals surface area contributed by atoms with Crippen molar-refractivity contribution in [1.82, 2.24) is 10.2 Å². The van der Waals surface area contributed by atoms with Crippen molar-refractivity contribution in [2.24, 2.45) is 0 Å². The van der Waals surface area contributed by atoms with Crippen LogP contribution in [0.2, 0.25) is 5.15 Å². The van der Waals surface area contributed by atoms with E-state index in [1.54, 1.807) is 13.0 Å². The largest absolute Gasteiger partial charge is 0.496 e. The Morgan fingerprint density at radius 1 is 1.38 bits per heavy atom. The third kappa shape index (κ3) is 2.61. The number of hydrogen-bond donors (Lipinski definition) is 1. The summed E-state index contributed by atoms with van der Waals surface area (Å²) in [4.78, 5) is 13.4. The lowest BCUT2D eigenvalue weighted by Crippen LogP contribution is -2.37. The Bertz CT molecular complexity index is 622. The number of aliphatic hydroxyl groups is 1. The van der Waals surface area contributed by atoms with Crippen LogP contribution in [0.4, 0.5) is 5.82 Å². The van der Waals surface area contributed by atoms with Crippen LogP contribution < -0.4 is 4.90 Å². The molecule has 0 radical (unpaired) electrons. The normalized spacial score (nSPS) is 19.5. The molecule has 1 aromatic rings. The highest BCUT2D eigenvalue weighted by Crippen LogP contribution is 2.33. The maximum Gasteiger partial charge on any atom is 0.261 e. The van der Waals surface area contributed by atoms with E-state index in [-0.39, 0.29) is 28.1 Å². The van der Waals surface area contributed by atoms with Gasteiger partial charge in [-0.05, 0) is 18.4 Å². The molecule has 0 saturated carbocycles. The number of halogens is 1. The Hall–Kier alpha value is -1.66. The van der Waals surface area contributed by atoms with Crippen LogP contribution in [0.1, 0.15) is 33.3 Å². The van der Waals surface area contributed by atoms with Crippen LogP contribution in [0.15, 0.2) is 17.4 Å². The minimum Gasteiger partial charge on any atom is -0.496 e. The molecular weight excluding hydrogens is 294 g/mol. The second-order valence-electron chi connectivity index (χ2n) is 5.90. The summed E-state index contributed by atoms with van der Waals surface area (Å²) in [5.74, 6) is 0.0955. The van der Waals surface area contributed by atoms with Gasteiger partial charge in [0.05, 0.1) is 12.7 Å². The smallest absolute Gasteiger partial charge is 0.261 e. The zero-order chi connectivity index (χ0) is 15.9. The van der Waals surface area contributed by atoms with Gasteiger partial charge in [-0.15, -0.1) is 10.2 Å². The molecule has 1 aliphatic heterocycles. The predicted molar refractivity (Wildman–Crippen MR) is 78.9 cm³/mol. The van der Waals surface area contributed by atoms with E-state index in [9.17, 15) is 9.90 Å². The summed E-state index contributed by atoms with van der Waals surface area (Å²) in [6.07, 6.45) is -1.20. The minimum absolute atomic E-state index is 0.217. The van der Waals surface area contributed by atoms with Gasteiger partial charge in [0, 0.05) is 5.56 Å². The van der Waals surface area contributed by atoms with Crippen LogP contribution in [-0.4, -0.2) is 34.5 Å². The maximum atomic E-state index is 12.3. The standard InChI is InChI=1S/C14H18ClN3O3/c1-7-10(21-5)13(20)18(12(7)19)9-6-8(14(2,3)4)11(15)17-16-9/h6,13,20H,1-5H3. The summed E-state index contributed by atoms with van der Waals surface area (Å²) >= 11 is 6.07. The number of ether oxygens (including phenoxy) is 1. The highest BCUT2D eigenvalue weighted by molar-refractivity contribution is 6.30. The molecule has 1 atom stereocenters. The van der Waals surface area contributed by atoms with E-state index in [0.29, 0.717) is 5.57 Å². The van der Waals surface area contributed by atoms with E-state index in [2.05, 4.69) is 10.2 Å². The minimum atomic E-state index is -1.20. The molecule has 0 fully saturated rings. The van der Waals surface area contributed by atoms with Crippen molar-refractivity contribution in [2.45, 2.75) is 39.3 Å². The summed E-state index contributed by atoms with van der Waals surface area (Å²) in [7, 11) is 1.41. The number of aromatic nitrogens is 2. The van der Waals surface area contributed by atoms with E-state index < -0.39 is 6.23 Å². The molecule has 1 unspecified atom stereocenters. The van der Waals surface area contributed by atoms with Gasteiger partial charge >= 0.3 is 0 Å². The van der Waals surface area contributed by atoms with Crippen LogP contribution in [0, 0.1) is 0 Å². The molecule has 7 heteroatoms. The molecule has 2 heterocycles. The number of rotatable bonds is 2. The molecule has 114 valence electrons. The highest BCUT2D eigenvalue weighted by Gasteiger charge is 2.39. The predicted octanol–water partition coefficient (Wildman–Crippen LogP) is 2.01. The number of methoxy groups -OCH3 is 1. The van der Waals surface area contributed by atoms with Crippen molar-refractivity contribution >= 4 is 23.3 Å². The zero-order valence-corrected chi connectivity index (χ0v) is 13.4. The summed E-state index contributed by atoms with van der Waals surface area (Å²) < 4.78 is 5.07. The lowest BCUT2D eigenvalue weighted by molar-refractivity contribution is -0.115. The van der Waals surface area contributed by atoms with Crippen LogP contribution in [0.3, 0.4) is 0 Å². The van der Waals surface area contributed by atoms with E-state index in [1.807, 2.05) is 20.8 Å². The Morgan fingerprint density at radius 2 is 2.00 bits per heavy atom. The number of hydrogen-bond acceptors (Lipinski definition) is 5. The van der Waals surface area contributed by atoms with Crippen molar-refractivity contribution in [3.8, 4) is 0 Å². The Labute approximate surface area is 128 Å². The van der Waals surface area contributed by atoms with Crippen molar-refractivity contribution < 1.29 is 14.6 Å². The molecule has 0 aromatic carbocycles. The molecule has 1 aliphatic rings. The fraction of sp³-hybridized carbons (Fsp3) is 0.500. The molecule has 21 heavy (non-hydrogen) atoms. The molecule has 0 spiro atoms. The monoisotopic (exact) mass is 311 g/mol. The van der Waals surface area contributed by atoms with Gasteiger partial charge in [-0.25, -0.2) is 0 Å². The molecule has 6 nitrogen and oxygen atoms in total. The van der Waals surface area contributed by atoms with Gasteiger partial charge < -0.3 is 9.84 Å². The summed E-state index contributed by atoms with van der Waals surface area (Å²) in [5, 5.41) is 18.3. The average Bonchev–Trinajstić information content (AvgIpc) is 2.60. The molecule has 0 bridgehead atoms. The average molecular weight is 312 g/mol. The number of aliphatic hydroxyl groups excluding tert-OH is 1. The summed E-state index contributed by atoms with van der Waals surface area (Å²) in [6, 6.07) is 1.67. The van der Waals surface area contributed by atoms with E-state index in [0.717, 1.165) is 10.5 Å². The topological polar surface area (TPSA) is 75.5 Å². The van der Waals surface area contributed by atoms with Gasteiger partial charge in [0.15, 0.2) is 23.0 Å². The SMILES string of the molecule is COC1=C(C)C(=O)N(c2cc(C(C)(C)C)c(Cl)nn2)C1O. The first-order valence-electron chi connectivity index (χ1n) is 6.48. The summed E-state index contributed by atoms with van der Waals surface area (Å²) in [6.45, 7) is 7.53. The van der Waals surface area contributed by atoms with Crippen LogP contribution in [-0.2, 0) is 14.9 Å². The fourth-order valence-corrected chi connectivity index (χ4v) is 2.58. The number of carbonyl (C=O) groups excluding carboxylic acids is 1. The Balaban J connectivity index is 2.48. The number of amides is 1. The third-order valence-corrected chi connectivity index (χ3v) is 3.68. The first-order valence-corrected chi connectivity index (χ1v) is 6.86. The lowest BCUT2D eigenvalue weighted by Gasteiger charge is -2.24. The van der Waals surface area contributed by atoms with E-state index >= 15 is 0 Å². The maximum absolute atomic E-state index is 12.3. The zero-order valence-electron chi connectivity index (χ0n) is 12.6. The first-order chi connectivity index (χ1) is 9.68. The van der Waals surface area contributed by atoms with E-state index in [4.69, 9.17) is 16.3 Å². The van der Waals surface area contributed by atoms with Crippen LogP contribution in [0.25, 0.3) is 0 Å². The first kappa shape index (κ1) is 15.7. The van der Waals surface area contributed by atoms with Crippen LogP contribution in [0.5, 0.6) is 0 Å². The van der Waals surface area contributed by atoms with Crippen molar-refractivity contribution in [3.63, 3.8) is 0 Å². The van der Waals surface area contributed by atoms with Crippen molar-refractivity contribution in [3.05, 3.63) is 28.1 Å². The van der Waals surface area contributed by atoms with E-state index in [1.165, 1.54) is 7.11 Å². The lowest BCUT2D eigenvalue weighted by atomic mass is 9.88. The molecule has 1 N–H and O–H groups in total. The molecule has 0 aliphatic carbocycles. The van der Waals surface area contributed by atoms with Crippen molar-refractivity contribution in [2.75, 3.05) is 12.0 Å². The number of anilines is 1. The van der Waals surface area contributed by atoms with Gasteiger partial charge in [-0.3, -0.25) is 9.69 Å². The molecule has 2 rings (SSSR count). The molecular formula is C14H18ClN3O3. The summed E-state index contributed by atoms with van der Waals surface area (Å²) in [5.41, 5.74) is 0.832. The molecule has 1 amide bonds. The molecule has 0 saturated heterocycles. The van der Waals surface area contributed by atoms with Gasteiger partial charge in [0.25, 0.3) is 5.91 Å². The highest BCUT2D eigenvalue weighted by atomic mass is 35.5. The van der Waals surface area contributed by atoms with Gasteiger partial charge in [0.1, 0.15) is 0 Å². The number of carbonyl (C=O) groups is 1. The second-order valence-corrected chi connectivity index (χ2v) is 6.26. The molecule has 1 aromatic heterocycles. The Morgan fingerprint density at radius 3 is 2.48 bits per heavy atom. The second kappa shape index (κ2) is 5.27. The Kier molecular flexibility index (Phi) is 3.95. The number of nitrogens with zero attached hydrogens (tertiary/aromatic N) is 3. The van der Waals surface area contributed by atoms with Gasteiger partial charge in [-0.2, -0.15) is 0 Å². The van der Waals surface area contributed by atoms with Crippen molar-refractivity contribution in [1.29, 1.82) is 0 Å². The van der Waals surface area contributed by atoms with Gasteiger partial charge in [0.2, 0.25) is 0 Å². The fourth-order valence-electron chi connectivity index (χ4n) is 2.21. The van der Waals surface area contributed by atoms with Gasteiger partial charge in [-0.1, -0.05) is 32.4 Å². The third-order valence-electron chi connectivity index (χ3n) is 3.40.